The van der Waals surface area contributed by atoms with E-state index in [1.807, 2.05) is 4.90 Å². The van der Waals surface area contributed by atoms with Crippen molar-refractivity contribution in [2.75, 3.05) is 23.3 Å². The molecule has 0 spiro atoms. The lowest BCUT2D eigenvalue weighted by Gasteiger charge is -2.21. The lowest BCUT2D eigenvalue weighted by molar-refractivity contribution is 0.0838. The summed E-state index contributed by atoms with van der Waals surface area (Å²) >= 11 is 0. The van der Waals surface area contributed by atoms with Crippen LogP contribution >= 0.6 is 0 Å². The summed E-state index contributed by atoms with van der Waals surface area (Å²) in [5.41, 5.74) is 1.11. The van der Waals surface area contributed by atoms with Gasteiger partial charge in [-0.1, -0.05) is 5.16 Å². The number of hydrogen-bond donors (Lipinski definition) is 2. The number of carbonyl (C=O) groups excluding carboxylic acids is 1. The van der Waals surface area contributed by atoms with E-state index in [0.717, 1.165) is 0 Å². The predicted molar refractivity (Wildman–Crippen MR) is 111 cm³/mol. The van der Waals surface area contributed by atoms with Crippen LogP contribution in [0.3, 0.4) is 0 Å². The van der Waals surface area contributed by atoms with Gasteiger partial charge in [0.25, 0.3) is 5.91 Å². The Morgan fingerprint density at radius 1 is 1.42 bits per heavy atom. The minimum Gasteiger partial charge on any atom is -0.388 e. The molecule has 3 aromatic rings. The smallest absolute Gasteiger partial charge is 0.259 e. The first-order valence-corrected chi connectivity index (χ1v) is 9.67. The van der Waals surface area contributed by atoms with Crippen LogP contribution in [0.5, 0.6) is 0 Å². The maximum atomic E-state index is 14.5. The number of β-amino-alcohol motifs (C(OH)–C–C–N with tert-alkyl or cyclic N) is 1. The van der Waals surface area contributed by atoms with Gasteiger partial charge >= 0.3 is 0 Å². The quantitative estimate of drug-likeness (QED) is 0.664. The van der Waals surface area contributed by atoms with Crippen LogP contribution < -0.4 is 10.2 Å². The molecule has 0 unspecified atom stereocenters. The van der Waals surface area contributed by atoms with E-state index in [9.17, 15) is 19.6 Å². The van der Waals surface area contributed by atoms with Crippen molar-refractivity contribution in [3.8, 4) is 17.2 Å². The molecule has 2 N–H and O–H groups in total. The fourth-order valence-corrected chi connectivity index (χ4v) is 3.68. The van der Waals surface area contributed by atoms with E-state index >= 15 is 0 Å². The zero-order valence-electron chi connectivity index (χ0n) is 17.0. The summed E-state index contributed by atoms with van der Waals surface area (Å²) in [6.07, 6.45) is 3.47. The van der Waals surface area contributed by atoms with E-state index in [0.29, 0.717) is 47.6 Å². The Kier molecular flexibility index (Phi) is 5.17. The molecule has 9 heteroatoms. The molecule has 1 aliphatic rings. The largest absolute Gasteiger partial charge is 0.388 e. The van der Waals surface area contributed by atoms with Crippen molar-refractivity contribution in [1.82, 2.24) is 10.1 Å². The summed E-state index contributed by atoms with van der Waals surface area (Å²) in [5, 5.41) is 25.9. The van der Waals surface area contributed by atoms with E-state index in [1.165, 1.54) is 24.5 Å². The zero-order chi connectivity index (χ0) is 22.2. The Bertz CT molecular complexity index is 1180. The third-order valence-corrected chi connectivity index (χ3v) is 5.29. The molecule has 1 aliphatic heterocycles. The van der Waals surface area contributed by atoms with Crippen LogP contribution in [-0.2, 0) is 0 Å². The highest BCUT2D eigenvalue weighted by Gasteiger charge is 2.33. The van der Waals surface area contributed by atoms with Gasteiger partial charge in [-0.15, -0.1) is 0 Å². The molecular weight excluding hydrogens is 401 g/mol. The maximum absolute atomic E-state index is 14.5. The second-order valence-corrected chi connectivity index (χ2v) is 7.86. The number of carbonyl (C=O) groups is 1. The average molecular weight is 421 g/mol. The van der Waals surface area contributed by atoms with Gasteiger partial charge in [-0.3, -0.25) is 4.79 Å². The molecule has 3 heterocycles. The molecule has 1 fully saturated rings. The fraction of sp³-hybridized carbons (Fsp3) is 0.273. The number of aliphatic hydroxyl groups is 1. The zero-order valence-corrected chi connectivity index (χ0v) is 17.0. The molecule has 31 heavy (non-hydrogen) atoms. The topological polar surface area (TPSA) is 115 Å². The first-order valence-electron chi connectivity index (χ1n) is 9.67. The van der Waals surface area contributed by atoms with E-state index in [1.54, 1.807) is 26.1 Å². The van der Waals surface area contributed by atoms with Gasteiger partial charge < -0.3 is 19.8 Å². The number of hydrogen-bond acceptors (Lipinski definition) is 7. The molecule has 8 nitrogen and oxygen atoms in total. The number of nitriles is 1. The van der Waals surface area contributed by atoms with E-state index in [2.05, 4.69) is 26.0 Å². The molecule has 1 aromatic carbocycles. The molecule has 2 aromatic heterocycles. The Morgan fingerprint density at radius 3 is 2.87 bits per heavy atom. The number of rotatable bonds is 4. The second kappa shape index (κ2) is 7.81. The lowest BCUT2D eigenvalue weighted by Crippen LogP contribution is -2.30. The number of nitrogens with zero attached hydrogens (tertiary/aromatic N) is 4. The Morgan fingerprint density at radius 2 is 2.23 bits per heavy atom. The van der Waals surface area contributed by atoms with Crippen LogP contribution in [0.25, 0.3) is 11.1 Å². The number of amides is 1. The monoisotopic (exact) mass is 421 g/mol. The van der Waals surface area contributed by atoms with E-state index in [4.69, 9.17) is 0 Å². The van der Waals surface area contributed by atoms with Crippen LogP contribution in [0.4, 0.5) is 16.0 Å². The van der Waals surface area contributed by atoms with Crippen molar-refractivity contribution < 1.29 is 18.8 Å². The highest BCUT2D eigenvalue weighted by atomic mass is 19.1. The Balaban J connectivity index is 1.69. The molecule has 1 amide bonds. The standard InChI is InChI=1S/C22H20FN5O3/c1-13-7-18(23)17(21(29)26-19-3-6-31-27-19)9-16(13)15-8-14(10-24)20(25-11-15)28-5-4-22(2,30)12-28/h3,6-9,11,30H,4-5,12H2,1-2H3,(H,26,27,29)/t22-/m0/s1. The number of nitrogens with one attached hydrogen (secondary N) is 1. The van der Waals surface area contributed by atoms with Crippen molar-refractivity contribution in [3.05, 3.63) is 59.2 Å². The van der Waals surface area contributed by atoms with Gasteiger partial charge in [-0.05, 0) is 49.6 Å². The summed E-state index contributed by atoms with van der Waals surface area (Å²) in [4.78, 5) is 18.8. The normalized spacial score (nSPS) is 18.1. The molecule has 4 rings (SSSR count). The third kappa shape index (κ3) is 4.11. The van der Waals surface area contributed by atoms with Gasteiger partial charge in [-0.2, -0.15) is 5.26 Å². The first kappa shape index (κ1) is 20.5. The number of halogens is 1. The van der Waals surface area contributed by atoms with Crippen molar-refractivity contribution in [1.29, 1.82) is 5.26 Å². The molecule has 0 bridgehead atoms. The maximum Gasteiger partial charge on any atom is 0.259 e. The van der Waals surface area contributed by atoms with E-state index < -0.39 is 17.3 Å². The van der Waals surface area contributed by atoms with Crippen molar-refractivity contribution >= 4 is 17.5 Å². The molecule has 1 saturated heterocycles. The summed E-state index contributed by atoms with van der Waals surface area (Å²) in [7, 11) is 0. The molecule has 0 saturated carbocycles. The summed E-state index contributed by atoms with van der Waals surface area (Å²) in [6.45, 7) is 4.45. The van der Waals surface area contributed by atoms with Crippen molar-refractivity contribution in [3.63, 3.8) is 0 Å². The molecule has 1 atom stereocenters. The highest BCUT2D eigenvalue weighted by Crippen LogP contribution is 2.32. The van der Waals surface area contributed by atoms with Crippen LogP contribution in [0.2, 0.25) is 0 Å². The molecule has 158 valence electrons. The van der Waals surface area contributed by atoms with Gasteiger partial charge in [-0.25, -0.2) is 9.37 Å². The SMILES string of the molecule is Cc1cc(F)c(C(=O)Nc2ccon2)cc1-c1cnc(N2CC[C@](C)(O)C2)c(C#N)c1. The van der Waals surface area contributed by atoms with Crippen molar-refractivity contribution in [2.45, 2.75) is 25.9 Å². The number of aromatic nitrogens is 2. The van der Waals surface area contributed by atoms with Crippen molar-refractivity contribution in [2.24, 2.45) is 0 Å². The first-order chi connectivity index (χ1) is 14.8. The van der Waals surface area contributed by atoms with Gasteiger partial charge in [0.1, 0.15) is 24.0 Å². The van der Waals surface area contributed by atoms with Crippen LogP contribution in [0.15, 0.2) is 41.2 Å². The summed E-state index contributed by atoms with van der Waals surface area (Å²) in [5.74, 6) is -0.678. The predicted octanol–water partition coefficient (Wildman–Crippen LogP) is 3.27. The number of pyridine rings is 1. The van der Waals surface area contributed by atoms with E-state index in [-0.39, 0.29) is 11.4 Å². The Hall–Kier alpha value is -3.77. The third-order valence-electron chi connectivity index (χ3n) is 5.29. The minimum atomic E-state index is -0.827. The van der Waals surface area contributed by atoms with Gasteiger partial charge in [0.15, 0.2) is 5.82 Å². The van der Waals surface area contributed by atoms with Crippen LogP contribution in [-0.4, -0.2) is 39.8 Å². The van der Waals surface area contributed by atoms with Gasteiger partial charge in [0.2, 0.25) is 0 Å². The Labute approximate surface area is 177 Å². The second-order valence-electron chi connectivity index (χ2n) is 7.86. The summed E-state index contributed by atoms with van der Waals surface area (Å²) in [6, 6.07) is 7.96. The molecule has 0 aliphatic carbocycles. The van der Waals surface area contributed by atoms with Gasteiger partial charge in [0.05, 0.1) is 16.7 Å². The lowest BCUT2D eigenvalue weighted by atomic mass is 9.97. The molecular formula is C22H20FN5O3. The number of aryl methyl sites for hydroxylation is 1. The summed E-state index contributed by atoms with van der Waals surface area (Å²) < 4.78 is 19.2. The number of anilines is 2. The minimum absolute atomic E-state index is 0.165. The fourth-order valence-electron chi connectivity index (χ4n) is 3.68. The van der Waals surface area contributed by atoms with Crippen LogP contribution in [0.1, 0.15) is 34.8 Å². The van der Waals surface area contributed by atoms with Crippen LogP contribution in [0, 0.1) is 24.1 Å². The average Bonchev–Trinajstić information content (AvgIpc) is 3.36. The van der Waals surface area contributed by atoms with Gasteiger partial charge in [0, 0.05) is 30.9 Å². The highest BCUT2D eigenvalue weighted by molar-refractivity contribution is 6.04. The number of benzene rings is 1. The molecule has 0 radical (unpaired) electrons.